The largest absolute Gasteiger partial charge is 0.382 e. The van der Waals surface area contributed by atoms with Crippen LogP contribution in [0, 0.1) is 0 Å². The summed E-state index contributed by atoms with van der Waals surface area (Å²) in [7, 11) is 3.35. The molecule has 1 unspecified atom stereocenters. The van der Waals surface area contributed by atoms with Crippen molar-refractivity contribution in [3.05, 3.63) is 0 Å². The van der Waals surface area contributed by atoms with Gasteiger partial charge in [0.2, 0.25) is 0 Å². The van der Waals surface area contributed by atoms with E-state index < -0.39 is 0 Å². The van der Waals surface area contributed by atoms with E-state index >= 15 is 0 Å². The summed E-state index contributed by atoms with van der Waals surface area (Å²) >= 11 is 0. The molecule has 0 rings (SSSR count). The van der Waals surface area contributed by atoms with E-state index in [2.05, 4.69) is 0 Å². The van der Waals surface area contributed by atoms with Crippen LogP contribution in [0.2, 0.25) is 0 Å². The van der Waals surface area contributed by atoms with Gasteiger partial charge in [-0.3, -0.25) is 0 Å². The van der Waals surface area contributed by atoms with Crippen molar-refractivity contribution < 1.29 is 14.2 Å². The van der Waals surface area contributed by atoms with Crippen LogP contribution < -0.4 is 5.73 Å². The number of rotatable bonds is 8. The first kappa shape index (κ1) is 13.8. The summed E-state index contributed by atoms with van der Waals surface area (Å²) < 4.78 is 15.8. The number of nitrogens with two attached hydrogens (primary N) is 1. The van der Waals surface area contributed by atoms with Crippen LogP contribution in [0.1, 0.15) is 20.3 Å². The molecule has 0 aliphatic carbocycles. The van der Waals surface area contributed by atoms with Gasteiger partial charge >= 0.3 is 0 Å². The van der Waals surface area contributed by atoms with E-state index in [0.717, 1.165) is 6.42 Å². The molecule has 4 heteroatoms. The second-order valence-electron chi connectivity index (χ2n) is 3.90. The Bertz CT molecular complexity index is 139. The Morgan fingerprint density at radius 3 is 2.36 bits per heavy atom. The Balaban J connectivity index is 3.60. The smallest absolute Gasteiger partial charge is 0.0930 e. The molecular formula is C10H23NO3. The zero-order chi connectivity index (χ0) is 11.0. The zero-order valence-corrected chi connectivity index (χ0v) is 9.71. The molecule has 14 heavy (non-hydrogen) atoms. The molecule has 2 N–H and O–H groups in total. The van der Waals surface area contributed by atoms with Gasteiger partial charge in [-0.25, -0.2) is 0 Å². The lowest BCUT2D eigenvalue weighted by Gasteiger charge is -2.24. The van der Waals surface area contributed by atoms with Crippen molar-refractivity contribution in [3.63, 3.8) is 0 Å². The first-order valence-electron chi connectivity index (χ1n) is 4.91. The van der Waals surface area contributed by atoms with Crippen LogP contribution in [0.4, 0.5) is 0 Å². The first-order chi connectivity index (χ1) is 6.55. The van der Waals surface area contributed by atoms with E-state index in [4.69, 9.17) is 19.9 Å². The summed E-state index contributed by atoms with van der Waals surface area (Å²) in [5.41, 5.74) is 5.37. The molecule has 0 aromatic carbocycles. The average molecular weight is 205 g/mol. The quantitative estimate of drug-likeness (QED) is 0.636. The molecule has 0 aromatic rings. The zero-order valence-electron chi connectivity index (χ0n) is 9.71. The molecule has 0 aromatic heterocycles. The lowest BCUT2D eigenvalue weighted by Crippen LogP contribution is -2.31. The van der Waals surface area contributed by atoms with Crippen LogP contribution in [0.25, 0.3) is 0 Å². The summed E-state index contributed by atoms with van der Waals surface area (Å²) in [5.74, 6) is 0. The van der Waals surface area contributed by atoms with Crippen molar-refractivity contribution in [2.75, 3.05) is 34.0 Å². The van der Waals surface area contributed by atoms with Crippen LogP contribution in [0.3, 0.4) is 0 Å². The van der Waals surface area contributed by atoms with Gasteiger partial charge in [-0.05, 0) is 20.3 Å². The van der Waals surface area contributed by atoms with Gasteiger partial charge in [-0.2, -0.15) is 0 Å². The first-order valence-corrected chi connectivity index (χ1v) is 4.91. The predicted octanol–water partition coefficient (Wildman–Crippen LogP) is 0.792. The van der Waals surface area contributed by atoms with Gasteiger partial charge in [0, 0.05) is 27.4 Å². The standard InChI is InChI=1S/C10H23NO3/c1-10(2,13-4)5-6-14-9(7-11)8-12-3/h9H,5-8,11H2,1-4H3. The van der Waals surface area contributed by atoms with Crippen LogP contribution in [0.15, 0.2) is 0 Å². The van der Waals surface area contributed by atoms with Crippen molar-refractivity contribution in [1.29, 1.82) is 0 Å². The monoisotopic (exact) mass is 205 g/mol. The van der Waals surface area contributed by atoms with E-state index in [-0.39, 0.29) is 11.7 Å². The summed E-state index contributed by atoms with van der Waals surface area (Å²) in [5, 5.41) is 0. The Hall–Kier alpha value is -0.160. The van der Waals surface area contributed by atoms with Crippen LogP contribution in [0.5, 0.6) is 0 Å². The number of methoxy groups -OCH3 is 2. The van der Waals surface area contributed by atoms with Gasteiger partial charge < -0.3 is 19.9 Å². The van der Waals surface area contributed by atoms with Gasteiger partial charge in [0.15, 0.2) is 0 Å². The minimum Gasteiger partial charge on any atom is -0.382 e. The maximum absolute atomic E-state index is 5.54. The summed E-state index contributed by atoms with van der Waals surface area (Å²) in [6, 6.07) is 0. The van der Waals surface area contributed by atoms with Crippen molar-refractivity contribution in [2.24, 2.45) is 5.73 Å². The fraction of sp³-hybridized carbons (Fsp3) is 1.00. The van der Waals surface area contributed by atoms with Crippen LogP contribution in [-0.2, 0) is 14.2 Å². The summed E-state index contributed by atoms with van der Waals surface area (Å²) in [6.07, 6.45) is 0.844. The second kappa shape index (κ2) is 7.17. The number of hydrogen-bond donors (Lipinski definition) is 1. The molecular weight excluding hydrogens is 182 g/mol. The predicted molar refractivity (Wildman–Crippen MR) is 56.4 cm³/mol. The molecule has 4 nitrogen and oxygen atoms in total. The molecule has 0 saturated heterocycles. The van der Waals surface area contributed by atoms with E-state index in [1.54, 1.807) is 14.2 Å². The van der Waals surface area contributed by atoms with E-state index in [9.17, 15) is 0 Å². The minimum absolute atomic E-state index is 0.00680. The summed E-state index contributed by atoms with van der Waals surface area (Å²) in [6.45, 7) is 5.74. The maximum Gasteiger partial charge on any atom is 0.0930 e. The van der Waals surface area contributed by atoms with E-state index in [0.29, 0.717) is 19.8 Å². The topological polar surface area (TPSA) is 53.7 Å². The van der Waals surface area contributed by atoms with Gasteiger partial charge in [-0.1, -0.05) is 0 Å². The highest BCUT2D eigenvalue weighted by Gasteiger charge is 2.16. The molecule has 0 heterocycles. The van der Waals surface area contributed by atoms with Crippen molar-refractivity contribution >= 4 is 0 Å². The molecule has 0 bridgehead atoms. The molecule has 86 valence electrons. The number of hydrogen-bond acceptors (Lipinski definition) is 4. The average Bonchev–Trinajstić information content (AvgIpc) is 2.16. The van der Waals surface area contributed by atoms with Gasteiger partial charge in [0.1, 0.15) is 0 Å². The Labute approximate surface area is 86.7 Å². The third-order valence-electron chi connectivity index (χ3n) is 2.23. The SMILES string of the molecule is COCC(CN)OCCC(C)(C)OC. The highest BCUT2D eigenvalue weighted by Crippen LogP contribution is 2.12. The second-order valence-corrected chi connectivity index (χ2v) is 3.90. The molecule has 0 aliphatic heterocycles. The Morgan fingerprint density at radius 1 is 1.29 bits per heavy atom. The molecule has 1 atom stereocenters. The fourth-order valence-corrected chi connectivity index (χ4v) is 0.944. The third kappa shape index (κ3) is 6.32. The van der Waals surface area contributed by atoms with Gasteiger partial charge in [-0.15, -0.1) is 0 Å². The van der Waals surface area contributed by atoms with Gasteiger partial charge in [0.05, 0.1) is 18.3 Å². The van der Waals surface area contributed by atoms with Gasteiger partial charge in [0.25, 0.3) is 0 Å². The maximum atomic E-state index is 5.54. The molecule has 0 spiro atoms. The summed E-state index contributed by atoms with van der Waals surface area (Å²) in [4.78, 5) is 0. The molecule has 0 radical (unpaired) electrons. The molecule has 0 saturated carbocycles. The van der Waals surface area contributed by atoms with Crippen molar-refractivity contribution in [1.82, 2.24) is 0 Å². The highest BCUT2D eigenvalue weighted by atomic mass is 16.5. The lowest BCUT2D eigenvalue weighted by atomic mass is 10.1. The van der Waals surface area contributed by atoms with Crippen molar-refractivity contribution in [2.45, 2.75) is 32.0 Å². The van der Waals surface area contributed by atoms with Crippen molar-refractivity contribution in [3.8, 4) is 0 Å². The fourth-order valence-electron chi connectivity index (χ4n) is 0.944. The number of ether oxygens (including phenoxy) is 3. The van der Waals surface area contributed by atoms with E-state index in [1.807, 2.05) is 13.8 Å². The van der Waals surface area contributed by atoms with E-state index in [1.165, 1.54) is 0 Å². The normalized spacial score (nSPS) is 14.4. The molecule has 0 aliphatic rings. The lowest BCUT2D eigenvalue weighted by molar-refractivity contribution is -0.0410. The molecule has 0 fully saturated rings. The molecule has 0 amide bonds. The third-order valence-corrected chi connectivity index (χ3v) is 2.23. The minimum atomic E-state index is -0.133. The van der Waals surface area contributed by atoms with Crippen LogP contribution >= 0.6 is 0 Å². The van der Waals surface area contributed by atoms with Crippen LogP contribution in [-0.4, -0.2) is 45.7 Å². The Kier molecular flexibility index (Phi) is 7.09. The highest BCUT2D eigenvalue weighted by molar-refractivity contribution is 4.67. The Morgan fingerprint density at radius 2 is 1.93 bits per heavy atom.